The molecule has 2 rings (SSSR count). The van der Waals surface area contributed by atoms with Crippen LogP contribution in [-0.2, 0) is 17.6 Å². The number of Topliss-reactive ketones (excluding diaryl/α,β-unsaturated/α-hetero) is 1. The lowest BCUT2D eigenvalue weighted by atomic mass is 9.79. The lowest BCUT2D eigenvalue weighted by molar-refractivity contribution is -0.123. The molecule has 2 atom stereocenters. The second kappa shape index (κ2) is 8.31. The van der Waals surface area contributed by atoms with E-state index in [-0.39, 0.29) is 11.8 Å². The maximum Gasteiger partial charge on any atom is 0.136 e. The van der Waals surface area contributed by atoms with Gasteiger partial charge in [-0.05, 0) is 36.0 Å². The molecule has 23 heavy (non-hydrogen) atoms. The highest BCUT2D eigenvalue weighted by atomic mass is 16.1. The van der Waals surface area contributed by atoms with Gasteiger partial charge < -0.3 is 0 Å². The highest BCUT2D eigenvalue weighted by Crippen LogP contribution is 2.44. The van der Waals surface area contributed by atoms with Crippen molar-refractivity contribution in [3.05, 3.63) is 47.2 Å². The van der Waals surface area contributed by atoms with Crippen molar-refractivity contribution in [1.29, 1.82) is 0 Å². The fourth-order valence-electron chi connectivity index (χ4n) is 4.01. The Morgan fingerprint density at radius 1 is 1.30 bits per heavy atom. The van der Waals surface area contributed by atoms with Crippen LogP contribution in [0.2, 0.25) is 0 Å². The van der Waals surface area contributed by atoms with Crippen molar-refractivity contribution in [2.24, 2.45) is 11.8 Å². The fourth-order valence-corrected chi connectivity index (χ4v) is 4.01. The van der Waals surface area contributed by atoms with E-state index in [4.69, 9.17) is 0 Å². The number of aryl methyl sites for hydroxylation is 1. The zero-order valence-corrected chi connectivity index (χ0v) is 15.0. The first-order valence-corrected chi connectivity index (χ1v) is 9.21. The maximum atomic E-state index is 12.6. The summed E-state index contributed by atoms with van der Waals surface area (Å²) in [6.45, 7) is 10.3. The molecule has 0 N–H and O–H groups in total. The van der Waals surface area contributed by atoms with Crippen LogP contribution in [0.25, 0.3) is 5.57 Å². The Morgan fingerprint density at radius 3 is 2.70 bits per heavy atom. The van der Waals surface area contributed by atoms with Gasteiger partial charge in [0.05, 0.1) is 0 Å². The van der Waals surface area contributed by atoms with Gasteiger partial charge in [-0.2, -0.15) is 0 Å². The third kappa shape index (κ3) is 3.67. The van der Waals surface area contributed by atoms with E-state index in [1.807, 2.05) is 6.92 Å². The quantitative estimate of drug-likeness (QED) is 0.440. The van der Waals surface area contributed by atoms with Gasteiger partial charge in [-0.25, -0.2) is 0 Å². The van der Waals surface area contributed by atoms with Crippen molar-refractivity contribution >= 4 is 11.4 Å². The predicted molar refractivity (Wildman–Crippen MR) is 98.5 cm³/mol. The van der Waals surface area contributed by atoms with E-state index in [1.54, 1.807) is 0 Å². The Balaban J connectivity index is 2.34. The number of ketones is 1. The van der Waals surface area contributed by atoms with E-state index >= 15 is 0 Å². The van der Waals surface area contributed by atoms with Crippen molar-refractivity contribution < 1.29 is 4.79 Å². The summed E-state index contributed by atoms with van der Waals surface area (Å²) >= 11 is 0. The minimum Gasteiger partial charge on any atom is -0.299 e. The molecule has 0 spiro atoms. The van der Waals surface area contributed by atoms with Crippen LogP contribution < -0.4 is 0 Å². The predicted octanol–water partition coefficient (Wildman–Crippen LogP) is 5.77. The van der Waals surface area contributed by atoms with Gasteiger partial charge in [0.2, 0.25) is 0 Å². The van der Waals surface area contributed by atoms with E-state index in [0.29, 0.717) is 12.2 Å². The summed E-state index contributed by atoms with van der Waals surface area (Å²) in [5.41, 5.74) is 8.49. The summed E-state index contributed by atoms with van der Waals surface area (Å²) < 4.78 is 0. The Bertz CT molecular complexity index is 604. The molecule has 0 saturated carbocycles. The molecule has 1 aromatic carbocycles. The number of benzene rings is 1. The van der Waals surface area contributed by atoms with Gasteiger partial charge in [-0.3, -0.25) is 4.79 Å². The summed E-state index contributed by atoms with van der Waals surface area (Å²) in [4.78, 5) is 12.6. The summed E-state index contributed by atoms with van der Waals surface area (Å²) in [7, 11) is 0. The van der Waals surface area contributed by atoms with Gasteiger partial charge in [-0.1, -0.05) is 64.8 Å². The van der Waals surface area contributed by atoms with Crippen molar-refractivity contribution in [2.45, 2.75) is 65.7 Å². The molecular weight excluding hydrogens is 280 g/mol. The SMILES string of the molecule is C=C=C1c2cccc(CC)c2CC1C(CCCCC)C(=O)CC. The Hall–Kier alpha value is -1.59. The number of carbonyl (C=O) groups is 1. The molecule has 0 bridgehead atoms. The molecule has 1 nitrogen and oxygen atoms in total. The number of carbonyl (C=O) groups excluding carboxylic acids is 1. The largest absolute Gasteiger partial charge is 0.299 e. The Kier molecular flexibility index (Phi) is 6.42. The summed E-state index contributed by atoms with van der Waals surface area (Å²) in [5.74, 6) is 0.817. The van der Waals surface area contributed by atoms with Crippen LogP contribution in [0.4, 0.5) is 0 Å². The lowest BCUT2D eigenvalue weighted by Gasteiger charge is -2.23. The molecular formula is C22H30O. The van der Waals surface area contributed by atoms with Crippen LogP contribution >= 0.6 is 0 Å². The van der Waals surface area contributed by atoms with E-state index in [2.05, 4.69) is 44.4 Å². The molecule has 0 radical (unpaired) electrons. The Morgan fingerprint density at radius 2 is 2.09 bits per heavy atom. The number of allylic oxidation sites excluding steroid dienone is 1. The molecule has 1 heteroatoms. The third-order valence-electron chi connectivity index (χ3n) is 5.30. The average molecular weight is 310 g/mol. The average Bonchev–Trinajstić information content (AvgIpc) is 2.96. The highest BCUT2D eigenvalue weighted by molar-refractivity contribution is 5.86. The number of unbranched alkanes of at least 4 members (excludes halogenated alkanes) is 2. The topological polar surface area (TPSA) is 17.1 Å². The normalized spacial score (nSPS) is 17.7. The van der Waals surface area contributed by atoms with E-state index < -0.39 is 0 Å². The number of hydrogen-bond acceptors (Lipinski definition) is 1. The smallest absolute Gasteiger partial charge is 0.136 e. The minimum atomic E-state index is 0.132. The van der Waals surface area contributed by atoms with E-state index in [0.717, 1.165) is 25.7 Å². The summed E-state index contributed by atoms with van der Waals surface area (Å²) in [5, 5.41) is 0. The van der Waals surface area contributed by atoms with Crippen LogP contribution in [0.3, 0.4) is 0 Å². The summed E-state index contributed by atoms with van der Waals surface area (Å²) in [6, 6.07) is 6.53. The number of hydrogen-bond donors (Lipinski definition) is 0. The molecule has 0 aliphatic heterocycles. The maximum absolute atomic E-state index is 12.6. The van der Waals surface area contributed by atoms with Crippen molar-refractivity contribution in [1.82, 2.24) is 0 Å². The molecule has 1 aliphatic carbocycles. The summed E-state index contributed by atoms with van der Waals surface area (Å²) in [6.07, 6.45) is 7.22. The number of rotatable bonds is 8. The van der Waals surface area contributed by atoms with Gasteiger partial charge >= 0.3 is 0 Å². The van der Waals surface area contributed by atoms with Gasteiger partial charge in [0, 0.05) is 23.8 Å². The first kappa shape index (κ1) is 17.8. The molecule has 124 valence electrons. The van der Waals surface area contributed by atoms with Gasteiger partial charge in [0.25, 0.3) is 0 Å². The Labute approximate surface area is 141 Å². The molecule has 0 amide bonds. The van der Waals surface area contributed by atoms with Gasteiger partial charge in [-0.15, -0.1) is 5.73 Å². The van der Waals surface area contributed by atoms with Gasteiger partial charge in [0.15, 0.2) is 0 Å². The van der Waals surface area contributed by atoms with E-state index in [1.165, 1.54) is 35.1 Å². The van der Waals surface area contributed by atoms with Crippen LogP contribution in [0.1, 0.15) is 69.6 Å². The standard InChI is InChI=1S/C22H30O/c1-5-9-10-13-19(22(23)8-4)21-15-20-16(6-2)12-11-14-18(20)17(21)7-3/h11-12,14,19,21H,3,5-6,8-10,13,15H2,1-2,4H3. The molecule has 0 heterocycles. The van der Waals surface area contributed by atoms with Crippen molar-refractivity contribution in [3.8, 4) is 0 Å². The fraction of sp³-hybridized carbons (Fsp3) is 0.545. The third-order valence-corrected chi connectivity index (χ3v) is 5.30. The lowest BCUT2D eigenvalue weighted by Crippen LogP contribution is -2.23. The molecule has 1 aliphatic rings. The monoisotopic (exact) mass is 310 g/mol. The van der Waals surface area contributed by atoms with Gasteiger partial charge in [0.1, 0.15) is 5.78 Å². The van der Waals surface area contributed by atoms with Crippen LogP contribution in [0.15, 0.2) is 30.5 Å². The number of fused-ring (bicyclic) bond motifs is 1. The molecule has 0 aromatic heterocycles. The van der Waals surface area contributed by atoms with Crippen LogP contribution in [-0.4, -0.2) is 5.78 Å². The van der Waals surface area contributed by atoms with Crippen LogP contribution in [0.5, 0.6) is 0 Å². The first-order valence-electron chi connectivity index (χ1n) is 9.21. The van der Waals surface area contributed by atoms with Crippen LogP contribution in [0, 0.1) is 11.8 Å². The zero-order valence-electron chi connectivity index (χ0n) is 15.0. The second-order valence-corrected chi connectivity index (χ2v) is 6.62. The highest BCUT2D eigenvalue weighted by Gasteiger charge is 2.36. The zero-order chi connectivity index (χ0) is 16.8. The van der Waals surface area contributed by atoms with Crippen molar-refractivity contribution in [3.63, 3.8) is 0 Å². The molecule has 2 unspecified atom stereocenters. The van der Waals surface area contributed by atoms with E-state index in [9.17, 15) is 4.79 Å². The second-order valence-electron chi connectivity index (χ2n) is 6.62. The molecule has 0 fully saturated rings. The first-order chi connectivity index (χ1) is 11.2. The minimum absolute atomic E-state index is 0.132. The molecule has 1 aromatic rings. The molecule has 0 saturated heterocycles. The van der Waals surface area contributed by atoms with Crippen molar-refractivity contribution in [2.75, 3.05) is 0 Å².